The Bertz CT molecular complexity index is 507. The van der Waals surface area contributed by atoms with Gasteiger partial charge < -0.3 is 20.6 Å². The number of morpholine rings is 1. The minimum Gasteiger partial charge on any atom is -0.409 e. The second-order valence-electron chi connectivity index (χ2n) is 4.12. The van der Waals surface area contributed by atoms with E-state index in [1.807, 2.05) is 0 Å². The van der Waals surface area contributed by atoms with Crippen molar-refractivity contribution < 1.29 is 14.7 Å². The van der Waals surface area contributed by atoms with Gasteiger partial charge in [0, 0.05) is 6.54 Å². The van der Waals surface area contributed by atoms with Crippen molar-refractivity contribution in [2.45, 2.75) is 6.10 Å². The summed E-state index contributed by atoms with van der Waals surface area (Å²) in [6.07, 6.45) is -0.592. The van der Waals surface area contributed by atoms with Crippen LogP contribution in [0.5, 0.6) is 0 Å². The standard InChI is InChI=1S/C12H14ClN3O3/c13-9-4-2-1-3-8(9)12(17)16-5-6-19-10(7-16)11(14)15-18/h1-4,10,18H,5-7H2,(H2,14,15). The highest BCUT2D eigenvalue weighted by atomic mass is 35.5. The Hall–Kier alpha value is -1.79. The Morgan fingerprint density at radius 3 is 2.95 bits per heavy atom. The van der Waals surface area contributed by atoms with Crippen LogP contribution in [0.25, 0.3) is 0 Å². The van der Waals surface area contributed by atoms with E-state index in [9.17, 15) is 4.79 Å². The molecule has 0 spiro atoms. The molecule has 0 aliphatic carbocycles. The molecule has 1 atom stereocenters. The number of nitrogens with zero attached hydrogens (tertiary/aromatic N) is 2. The Morgan fingerprint density at radius 2 is 2.26 bits per heavy atom. The lowest BCUT2D eigenvalue weighted by molar-refractivity contribution is 0.00676. The van der Waals surface area contributed by atoms with Crippen molar-refractivity contribution in [2.75, 3.05) is 19.7 Å². The fourth-order valence-corrected chi connectivity index (χ4v) is 2.10. The molecule has 1 aliphatic heterocycles. The predicted octanol–water partition coefficient (Wildman–Crippen LogP) is 0.927. The number of amidine groups is 1. The molecule has 1 amide bonds. The van der Waals surface area contributed by atoms with Crippen LogP contribution in [0.2, 0.25) is 5.02 Å². The minimum absolute atomic E-state index is 0.0448. The number of hydrogen-bond acceptors (Lipinski definition) is 4. The SMILES string of the molecule is NC(=NO)C1CN(C(=O)c2ccccc2Cl)CCO1. The second-order valence-corrected chi connectivity index (χ2v) is 4.52. The van der Waals surface area contributed by atoms with Crippen LogP contribution in [0.4, 0.5) is 0 Å². The first kappa shape index (κ1) is 13.6. The van der Waals surface area contributed by atoms with Crippen molar-refractivity contribution in [2.24, 2.45) is 10.9 Å². The number of nitrogens with two attached hydrogens (primary N) is 1. The maximum atomic E-state index is 12.3. The van der Waals surface area contributed by atoms with Gasteiger partial charge in [-0.15, -0.1) is 0 Å². The number of ether oxygens (including phenoxy) is 1. The third kappa shape index (κ3) is 2.97. The van der Waals surface area contributed by atoms with E-state index in [4.69, 9.17) is 27.3 Å². The van der Waals surface area contributed by atoms with E-state index in [1.165, 1.54) is 0 Å². The number of oxime groups is 1. The molecule has 2 rings (SSSR count). The number of carbonyl (C=O) groups is 1. The van der Waals surface area contributed by atoms with E-state index in [-0.39, 0.29) is 18.3 Å². The smallest absolute Gasteiger partial charge is 0.255 e. The zero-order valence-electron chi connectivity index (χ0n) is 10.1. The molecule has 0 radical (unpaired) electrons. The van der Waals surface area contributed by atoms with Gasteiger partial charge in [-0.3, -0.25) is 4.79 Å². The van der Waals surface area contributed by atoms with Crippen LogP contribution < -0.4 is 5.73 Å². The van der Waals surface area contributed by atoms with E-state index in [2.05, 4.69) is 5.16 Å². The molecule has 1 aromatic carbocycles. The van der Waals surface area contributed by atoms with Crippen LogP contribution in [-0.2, 0) is 4.74 Å². The summed E-state index contributed by atoms with van der Waals surface area (Å²) in [4.78, 5) is 13.9. The summed E-state index contributed by atoms with van der Waals surface area (Å²) in [6, 6.07) is 6.84. The minimum atomic E-state index is -0.592. The molecule has 1 heterocycles. The first-order valence-electron chi connectivity index (χ1n) is 5.76. The van der Waals surface area contributed by atoms with Gasteiger partial charge in [0.05, 0.1) is 23.7 Å². The average Bonchev–Trinajstić information content (AvgIpc) is 2.46. The normalized spacial score (nSPS) is 20.4. The summed E-state index contributed by atoms with van der Waals surface area (Å²) in [5, 5.41) is 11.9. The Morgan fingerprint density at radius 1 is 1.53 bits per heavy atom. The average molecular weight is 284 g/mol. The summed E-state index contributed by atoms with van der Waals surface area (Å²) >= 11 is 6.00. The summed E-state index contributed by atoms with van der Waals surface area (Å²) in [7, 11) is 0. The molecule has 6 nitrogen and oxygen atoms in total. The quantitative estimate of drug-likeness (QED) is 0.366. The molecule has 3 N–H and O–H groups in total. The maximum absolute atomic E-state index is 12.3. The van der Waals surface area contributed by atoms with E-state index in [0.29, 0.717) is 23.7 Å². The highest BCUT2D eigenvalue weighted by Crippen LogP contribution is 2.18. The molecule has 1 aromatic rings. The molecule has 0 saturated carbocycles. The fraction of sp³-hybridized carbons (Fsp3) is 0.333. The van der Waals surface area contributed by atoms with E-state index in [0.717, 1.165) is 0 Å². The summed E-state index contributed by atoms with van der Waals surface area (Å²) in [5.41, 5.74) is 5.92. The first-order chi connectivity index (χ1) is 9.13. The molecule has 19 heavy (non-hydrogen) atoms. The van der Waals surface area contributed by atoms with Crippen molar-refractivity contribution >= 4 is 23.3 Å². The first-order valence-corrected chi connectivity index (χ1v) is 6.14. The number of benzene rings is 1. The van der Waals surface area contributed by atoms with Crippen molar-refractivity contribution in [3.8, 4) is 0 Å². The van der Waals surface area contributed by atoms with Gasteiger partial charge in [0.2, 0.25) is 0 Å². The number of rotatable bonds is 2. The van der Waals surface area contributed by atoms with Gasteiger partial charge in [0.25, 0.3) is 5.91 Å². The fourth-order valence-electron chi connectivity index (χ4n) is 1.88. The molecule has 1 unspecified atom stereocenters. The molecular formula is C12H14ClN3O3. The van der Waals surface area contributed by atoms with Gasteiger partial charge in [0.1, 0.15) is 6.10 Å². The molecule has 1 aliphatic rings. The molecule has 1 fully saturated rings. The zero-order valence-corrected chi connectivity index (χ0v) is 10.9. The zero-order chi connectivity index (χ0) is 13.8. The number of hydrogen-bond donors (Lipinski definition) is 2. The second kappa shape index (κ2) is 5.90. The molecule has 1 saturated heterocycles. The van der Waals surface area contributed by atoms with Gasteiger partial charge in [-0.2, -0.15) is 0 Å². The van der Waals surface area contributed by atoms with Gasteiger partial charge in [0.15, 0.2) is 5.84 Å². The van der Waals surface area contributed by atoms with E-state index >= 15 is 0 Å². The van der Waals surface area contributed by atoms with Gasteiger partial charge in [-0.25, -0.2) is 0 Å². The van der Waals surface area contributed by atoms with Crippen molar-refractivity contribution in [1.29, 1.82) is 0 Å². The summed E-state index contributed by atoms with van der Waals surface area (Å²) in [6.45, 7) is 1.01. The Labute approximate surface area is 115 Å². The summed E-state index contributed by atoms with van der Waals surface area (Å²) in [5.74, 6) is -0.235. The summed E-state index contributed by atoms with van der Waals surface area (Å²) < 4.78 is 5.33. The van der Waals surface area contributed by atoms with Crippen LogP contribution in [0.1, 0.15) is 10.4 Å². The van der Waals surface area contributed by atoms with Crippen LogP contribution in [0, 0.1) is 0 Å². The van der Waals surface area contributed by atoms with Crippen molar-refractivity contribution in [3.05, 3.63) is 34.9 Å². The molecule has 0 aromatic heterocycles. The van der Waals surface area contributed by atoms with Crippen LogP contribution in [0.3, 0.4) is 0 Å². The predicted molar refractivity (Wildman–Crippen MR) is 70.5 cm³/mol. The maximum Gasteiger partial charge on any atom is 0.255 e. The Balaban J connectivity index is 2.14. The molecule has 102 valence electrons. The third-order valence-electron chi connectivity index (χ3n) is 2.90. The monoisotopic (exact) mass is 283 g/mol. The molecule has 0 bridgehead atoms. The third-order valence-corrected chi connectivity index (χ3v) is 3.23. The van der Waals surface area contributed by atoms with Gasteiger partial charge in [-0.1, -0.05) is 28.9 Å². The van der Waals surface area contributed by atoms with Crippen LogP contribution in [-0.4, -0.2) is 47.7 Å². The molecular weight excluding hydrogens is 270 g/mol. The Kier molecular flexibility index (Phi) is 4.24. The van der Waals surface area contributed by atoms with Crippen LogP contribution in [0.15, 0.2) is 29.4 Å². The largest absolute Gasteiger partial charge is 0.409 e. The van der Waals surface area contributed by atoms with Gasteiger partial charge in [-0.05, 0) is 12.1 Å². The lowest BCUT2D eigenvalue weighted by Gasteiger charge is -2.32. The lowest BCUT2D eigenvalue weighted by atomic mass is 10.1. The number of halogens is 1. The molecule has 7 heteroatoms. The number of amides is 1. The van der Waals surface area contributed by atoms with Crippen LogP contribution >= 0.6 is 11.6 Å². The van der Waals surface area contributed by atoms with E-state index in [1.54, 1.807) is 29.2 Å². The highest BCUT2D eigenvalue weighted by Gasteiger charge is 2.28. The number of carbonyl (C=O) groups excluding carboxylic acids is 1. The van der Waals surface area contributed by atoms with Crippen molar-refractivity contribution in [1.82, 2.24) is 4.90 Å². The van der Waals surface area contributed by atoms with Gasteiger partial charge >= 0.3 is 0 Å². The van der Waals surface area contributed by atoms with Crippen molar-refractivity contribution in [3.63, 3.8) is 0 Å². The topological polar surface area (TPSA) is 88.2 Å². The lowest BCUT2D eigenvalue weighted by Crippen LogP contribution is -2.50. The van der Waals surface area contributed by atoms with E-state index < -0.39 is 6.10 Å². The highest BCUT2D eigenvalue weighted by molar-refractivity contribution is 6.33.